The predicted molar refractivity (Wildman–Crippen MR) is 121 cm³/mol. The van der Waals surface area contributed by atoms with Gasteiger partial charge in [-0.1, -0.05) is 35.9 Å². The van der Waals surface area contributed by atoms with Crippen molar-refractivity contribution in [2.75, 3.05) is 33.4 Å². The first-order chi connectivity index (χ1) is 15.0. The third-order valence-electron chi connectivity index (χ3n) is 4.99. The topological polar surface area (TPSA) is 87.7 Å². The average molecular weight is 446 g/mol. The van der Waals surface area contributed by atoms with Crippen molar-refractivity contribution in [1.82, 2.24) is 14.9 Å². The molecule has 3 aromatic rings. The zero-order valence-electron chi connectivity index (χ0n) is 17.8. The molecular formula is C23H28ClN3O4. The molecule has 2 N–H and O–H groups in total. The molecule has 0 aliphatic carbocycles. The van der Waals surface area contributed by atoms with E-state index in [1.54, 1.807) is 13.2 Å². The molecule has 2 atom stereocenters. The first-order valence-corrected chi connectivity index (χ1v) is 10.6. The van der Waals surface area contributed by atoms with E-state index >= 15 is 0 Å². The number of benzene rings is 2. The van der Waals surface area contributed by atoms with E-state index < -0.39 is 6.10 Å². The molecule has 8 heteroatoms. The maximum atomic E-state index is 12.3. The highest BCUT2D eigenvalue weighted by Crippen LogP contribution is 2.19. The molecule has 0 amide bonds. The second-order valence-corrected chi connectivity index (χ2v) is 7.88. The van der Waals surface area contributed by atoms with Crippen LogP contribution >= 0.6 is 11.6 Å². The minimum atomic E-state index is -0.709. The molecule has 1 aromatic heterocycles. The van der Waals surface area contributed by atoms with Gasteiger partial charge in [0.15, 0.2) is 0 Å². The van der Waals surface area contributed by atoms with E-state index in [4.69, 9.17) is 21.1 Å². The van der Waals surface area contributed by atoms with Gasteiger partial charge in [0.05, 0.1) is 42.9 Å². The van der Waals surface area contributed by atoms with Crippen LogP contribution in [0, 0.1) is 0 Å². The Morgan fingerprint density at radius 3 is 2.68 bits per heavy atom. The number of aromatic amines is 1. The molecule has 0 aliphatic rings. The highest BCUT2D eigenvalue weighted by molar-refractivity contribution is 6.30. The third-order valence-corrected chi connectivity index (χ3v) is 5.25. The van der Waals surface area contributed by atoms with Crippen LogP contribution in [0.15, 0.2) is 53.3 Å². The van der Waals surface area contributed by atoms with Gasteiger partial charge in [-0.2, -0.15) is 0 Å². The quantitative estimate of drug-likeness (QED) is 0.471. The van der Waals surface area contributed by atoms with Crippen LogP contribution in [0.4, 0.5) is 0 Å². The third kappa shape index (κ3) is 6.85. The van der Waals surface area contributed by atoms with Gasteiger partial charge in [-0.05, 0) is 36.8 Å². The summed E-state index contributed by atoms with van der Waals surface area (Å²) in [5.41, 5.74) is 1.47. The van der Waals surface area contributed by atoms with E-state index in [9.17, 15) is 9.90 Å². The van der Waals surface area contributed by atoms with Gasteiger partial charge in [0, 0.05) is 25.2 Å². The largest absolute Gasteiger partial charge is 0.389 e. The second kappa shape index (κ2) is 11.4. The number of ether oxygens (including phenoxy) is 2. The average Bonchev–Trinajstić information content (AvgIpc) is 2.76. The summed E-state index contributed by atoms with van der Waals surface area (Å²) in [5.74, 6) is 0.544. The summed E-state index contributed by atoms with van der Waals surface area (Å²) in [7, 11) is 1.63. The lowest BCUT2D eigenvalue weighted by Gasteiger charge is -2.25. The molecule has 0 unspecified atom stereocenters. The monoisotopic (exact) mass is 445 g/mol. The van der Waals surface area contributed by atoms with Crippen LogP contribution in [0.2, 0.25) is 5.02 Å². The zero-order valence-corrected chi connectivity index (χ0v) is 18.5. The summed E-state index contributed by atoms with van der Waals surface area (Å²) in [6.07, 6.45) is -0.878. The van der Waals surface area contributed by atoms with E-state index in [0.29, 0.717) is 48.0 Å². The Balaban J connectivity index is 1.61. The minimum Gasteiger partial charge on any atom is -0.389 e. The summed E-state index contributed by atoms with van der Waals surface area (Å²) >= 11 is 5.93. The lowest BCUT2D eigenvalue weighted by molar-refractivity contribution is -0.0192. The predicted octanol–water partition coefficient (Wildman–Crippen LogP) is 3.16. The number of rotatable bonds is 11. The van der Waals surface area contributed by atoms with Crippen LogP contribution in [0.1, 0.15) is 24.4 Å². The smallest absolute Gasteiger partial charge is 0.258 e. The number of methoxy groups -OCH3 is 1. The van der Waals surface area contributed by atoms with Gasteiger partial charge >= 0.3 is 0 Å². The Morgan fingerprint density at radius 1 is 1.19 bits per heavy atom. The van der Waals surface area contributed by atoms with Crippen molar-refractivity contribution in [3.63, 3.8) is 0 Å². The van der Waals surface area contributed by atoms with Crippen LogP contribution in [0.3, 0.4) is 0 Å². The summed E-state index contributed by atoms with van der Waals surface area (Å²) in [4.78, 5) is 21.7. The number of aliphatic hydroxyl groups excluding tert-OH is 1. The summed E-state index contributed by atoms with van der Waals surface area (Å²) in [5, 5.41) is 11.8. The van der Waals surface area contributed by atoms with Gasteiger partial charge in [-0.25, -0.2) is 4.98 Å². The molecule has 7 nitrogen and oxygen atoms in total. The zero-order chi connectivity index (χ0) is 22.2. The summed E-state index contributed by atoms with van der Waals surface area (Å²) in [6, 6.07) is 14.7. The number of aromatic nitrogens is 2. The van der Waals surface area contributed by atoms with Crippen molar-refractivity contribution >= 4 is 22.5 Å². The maximum Gasteiger partial charge on any atom is 0.258 e. The highest BCUT2D eigenvalue weighted by atomic mass is 35.5. The summed E-state index contributed by atoms with van der Waals surface area (Å²) < 4.78 is 11.0. The van der Waals surface area contributed by atoms with Crippen molar-refractivity contribution in [3.8, 4) is 0 Å². The molecule has 0 saturated heterocycles. The lowest BCUT2D eigenvalue weighted by atomic mass is 10.1. The van der Waals surface area contributed by atoms with Crippen LogP contribution in [-0.4, -0.2) is 59.5 Å². The number of hydrogen-bond acceptors (Lipinski definition) is 6. The number of hydrogen-bond donors (Lipinski definition) is 2. The molecule has 0 aliphatic heterocycles. The Hall–Kier alpha value is -2.29. The van der Waals surface area contributed by atoms with Gasteiger partial charge in [0.25, 0.3) is 5.56 Å². The van der Waals surface area contributed by atoms with Crippen LogP contribution in [0.5, 0.6) is 0 Å². The van der Waals surface area contributed by atoms with E-state index in [2.05, 4.69) is 9.97 Å². The van der Waals surface area contributed by atoms with Gasteiger partial charge in [-0.15, -0.1) is 0 Å². The Labute approximate surface area is 186 Å². The van der Waals surface area contributed by atoms with Gasteiger partial charge in [0.2, 0.25) is 0 Å². The molecular weight excluding hydrogens is 418 g/mol. The molecule has 3 rings (SSSR count). The fourth-order valence-electron chi connectivity index (χ4n) is 3.31. The molecule has 0 saturated carbocycles. The number of para-hydroxylation sites is 1. The van der Waals surface area contributed by atoms with Crippen molar-refractivity contribution in [3.05, 3.63) is 75.3 Å². The Kier molecular flexibility index (Phi) is 8.57. The van der Waals surface area contributed by atoms with Crippen LogP contribution in [0.25, 0.3) is 10.9 Å². The molecule has 0 spiro atoms. The van der Waals surface area contributed by atoms with Crippen molar-refractivity contribution in [2.24, 2.45) is 0 Å². The molecule has 166 valence electrons. The number of nitrogens with one attached hydrogen (secondary N) is 1. The van der Waals surface area contributed by atoms with E-state index in [0.717, 1.165) is 5.56 Å². The van der Waals surface area contributed by atoms with Crippen LogP contribution < -0.4 is 5.56 Å². The Bertz CT molecular complexity index is 1030. The molecule has 31 heavy (non-hydrogen) atoms. The highest BCUT2D eigenvalue weighted by Gasteiger charge is 2.16. The van der Waals surface area contributed by atoms with Gasteiger partial charge < -0.3 is 19.6 Å². The molecule has 1 heterocycles. The molecule has 0 fully saturated rings. The van der Waals surface area contributed by atoms with Crippen molar-refractivity contribution in [2.45, 2.75) is 25.7 Å². The van der Waals surface area contributed by atoms with Crippen molar-refractivity contribution < 1.29 is 14.6 Å². The normalized spacial score (nSPS) is 13.6. The number of aliphatic hydroxyl groups is 1. The fraction of sp³-hybridized carbons (Fsp3) is 0.391. The summed E-state index contributed by atoms with van der Waals surface area (Å²) in [6.45, 7) is 3.92. The number of halogens is 1. The number of H-pyrrole nitrogens is 1. The fourth-order valence-corrected chi connectivity index (χ4v) is 3.44. The lowest BCUT2D eigenvalue weighted by Crippen LogP contribution is -2.37. The molecule has 0 bridgehead atoms. The number of fused-ring (bicyclic) bond motifs is 1. The Morgan fingerprint density at radius 2 is 1.94 bits per heavy atom. The minimum absolute atomic E-state index is 0.169. The van der Waals surface area contributed by atoms with Crippen LogP contribution in [-0.2, 0) is 16.0 Å². The SMILES string of the molecule is COCCN(Cc1nc2ccccc2c(=O)[nH]1)C[C@@H](O)CO[C@H](C)c1ccc(Cl)cc1. The van der Waals surface area contributed by atoms with E-state index in [-0.39, 0.29) is 18.3 Å². The first-order valence-electron chi connectivity index (χ1n) is 10.2. The van der Waals surface area contributed by atoms with Gasteiger partial charge in [0.1, 0.15) is 5.82 Å². The maximum absolute atomic E-state index is 12.3. The second-order valence-electron chi connectivity index (χ2n) is 7.44. The van der Waals surface area contributed by atoms with Gasteiger partial charge in [-0.3, -0.25) is 9.69 Å². The van der Waals surface area contributed by atoms with E-state index in [1.807, 2.05) is 54.3 Å². The van der Waals surface area contributed by atoms with Crippen molar-refractivity contribution in [1.29, 1.82) is 0 Å². The molecule has 0 radical (unpaired) electrons. The number of nitrogens with zero attached hydrogens (tertiary/aromatic N) is 2. The molecule has 2 aromatic carbocycles. The van der Waals surface area contributed by atoms with E-state index in [1.165, 1.54) is 0 Å². The first kappa shape index (κ1) is 23.4. The standard InChI is InChI=1S/C23H28ClN3O4/c1-16(17-7-9-18(24)10-8-17)31-15-19(28)13-27(11-12-30-2)14-22-25-21-6-4-3-5-20(21)23(29)26-22/h3-10,16,19,28H,11-15H2,1-2H3,(H,25,26,29)/t16-,19-/m1/s1.